The molecule has 0 radical (unpaired) electrons. The summed E-state index contributed by atoms with van der Waals surface area (Å²) >= 11 is 0. The Kier molecular flexibility index (Phi) is 5.19. The van der Waals surface area contributed by atoms with Crippen molar-refractivity contribution in [2.75, 3.05) is 0 Å². The average molecular weight is 425 g/mol. The minimum atomic E-state index is -0.266. The van der Waals surface area contributed by atoms with Gasteiger partial charge in [-0.05, 0) is 24.3 Å². The lowest BCUT2D eigenvalue weighted by Crippen LogP contribution is -2.30. The SMILES string of the molecule is CC(C)C(=O)N1N=C(c2ccco2)C[C@@H]1c1cn(-c2ccccc2)nc1-c1ccccc1. The van der Waals surface area contributed by atoms with Crippen LogP contribution in [0.3, 0.4) is 0 Å². The van der Waals surface area contributed by atoms with Crippen LogP contribution in [-0.2, 0) is 4.79 Å². The van der Waals surface area contributed by atoms with Gasteiger partial charge in [0.15, 0.2) is 0 Å². The topological polar surface area (TPSA) is 63.6 Å². The number of para-hydroxylation sites is 1. The van der Waals surface area contributed by atoms with Crippen LogP contribution >= 0.6 is 0 Å². The number of carbonyl (C=O) groups is 1. The molecular weight excluding hydrogens is 400 g/mol. The second-order valence-corrected chi connectivity index (χ2v) is 8.16. The van der Waals surface area contributed by atoms with Crippen molar-refractivity contribution in [2.24, 2.45) is 11.0 Å². The Bertz CT molecular complexity index is 1240. The normalized spacial score (nSPS) is 15.9. The number of amides is 1. The quantitative estimate of drug-likeness (QED) is 0.427. The molecule has 2 aromatic carbocycles. The number of hydrogen-bond donors (Lipinski definition) is 0. The molecule has 2 aromatic heterocycles. The highest BCUT2D eigenvalue weighted by Crippen LogP contribution is 2.39. The minimum absolute atomic E-state index is 0.0250. The molecule has 3 heterocycles. The van der Waals surface area contributed by atoms with Crippen molar-refractivity contribution in [1.29, 1.82) is 0 Å². The van der Waals surface area contributed by atoms with Gasteiger partial charge in [-0.1, -0.05) is 62.4 Å². The number of nitrogens with zero attached hydrogens (tertiary/aromatic N) is 4. The molecule has 1 amide bonds. The number of rotatable bonds is 5. The third kappa shape index (κ3) is 3.64. The number of hydrogen-bond acceptors (Lipinski definition) is 4. The van der Waals surface area contributed by atoms with Crippen molar-refractivity contribution < 1.29 is 9.21 Å². The summed E-state index contributed by atoms with van der Waals surface area (Å²) in [5.41, 5.74) is 4.53. The molecule has 5 rings (SSSR count). The Balaban J connectivity index is 1.63. The second kappa shape index (κ2) is 8.30. The molecule has 1 aliphatic heterocycles. The molecule has 6 nitrogen and oxygen atoms in total. The molecule has 1 aliphatic rings. The van der Waals surface area contributed by atoms with Gasteiger partial charge in [-0.15, -0.1) is 0 Å². The maximum Gasteiger partial charge on any atom is 0.245 e. The van der Waals surface area contributed by atoms with E-state index in [0.29, 0.717) is 12.2 Å². The molecule has 0 bridgehead atoms. The zero-order valence-electron chi connectivity index (χ0n) is 18.1. The maximum atomic E-state index is 13.1. The fraction of sp³-hybridized carbons (Fsp3) is 0.192. The smallest absolute Gasteiger partial charge is 0.245 e. The summed E-state index contributed by atoms with van der Waals surface area (Å²) in [6, 6.07) is 23.5. The number of aromatic nitrogens is 2. The highest BCUT2D eigenvalue weighted by molar-refractivity contribution is 6.01. The van der Waals surface area contributed by atoms with E-state index in [0.717, 1.165) is 28.2 Å². The van der Waals surface area contributed by atoms with E-state index in [4.69, 9.17) is 14.6 Å². The van der Waals surface area contributed by atoms with Crippen LogP contribution in [0, 0.1) is 5.92 Å². The average Bonchev–Trinajstić information content (AvgIpc) is 3.58. The van der Waals surface area contributed by atoms with E-state index in [9.17, 15) is 4.79 Å². The molecule has 0 saturated carbocycles. The van der Waals surface area contributed by atoms with Gasteiger partial charge in [0, 0.05) is 29.7 Å². The number of furan rings is 1. The monoisotopic (exact) mass is 424 g/mol. The summed E-state index contributed by atoms with van der Waals surface area (Å²) < 4.78 is 7.47. The summed E-state index contributed by atoms with van der Waals surface area (Å²) in [6.07, 6.45) is 4.21. The van der Waals surface area contributed by atoms with Crippen molar-refractivity contribution >= 4 is 11.6 Å². The largest absolute Gasteiger partial charge is 0.463 e. The molecule has 0 saturated heterocycles. The first kappa shape index (κ1) is 20.0. The lowest BCUT2D eigenvalue weighted by Gasteiger charge is -2.23. The summed E-state index contributed by atoms with van der Waals surface area (Å²) in [7, 11) is 0. The molecule has 0 fully saturated rings. The maximum absolute atomic E-state index is 13.1. The van der Waals surface area contributed by atoms with Crippen LogP contribution in [0.25, 0.3) is 16.9 Å². The van der Waals surface area contributed by atoms with Crippen molar-refractivity contribution in [3.05, 3.63) is 96.6 Å². The molecular formula is C26H24N4O2. The Morgan fingerprint density at radius 1 is 1.00 bits per heavy atom. The lowest BCUT2D eigenvalue weighted by atomic mass is 9.97. The predicted molar refractivity (Wildman–Crippen MR) is 123 cm³/mol. The van der Waals surface area contributed by atoms with Gasteiger partial charge in [0.2, 0.25) is 5.91 Å². The van der Waals surface area contributed by atoms with Crippen LogP contribution in [0.1, 0.15) is 37.6 Å². The van der Waals surface area contributed by atoms with E-state index in [1.807, 2.05) is 97.5 Å². The van der Waals surface area contributed by atoms with Crippen molar-refractivity contribution in [2.45, 2.75) is 26.3 Å². The molecule has 6 heteroatoms. The first-order valence-corrected chi connectivity index (χ1v) is 10.8. The van der Waals surface area contributed by atoms with Gasteiger partial charge < -0.3 is 4.42 Å². The first-order valence-electron chi connectivity index (χ1n) is 10.8. The second-order valence-electron chi connectivity index (χ2n) is 8.16. The van der Waals surface area contributed by atoms with Crippen LogP contribution in [0.2, 0.25) is 0 Å². The van der Waals surface area contributed by atoms with Gasteiger partial charge in [0.25, 0.3) is 0 Å². The summed E-state index contributed by atoms with van der Waals surface area (Å²) in [6.45, 7) is 3.79. The van der Waals surface area contributed by atoms with Gasteiger partial charge in [-0.25, -0.2) is 9.69 Å². The number of carbonyl (C=O) groups excluding carboxylic acids is 1. The fourth-order valence-electron chi connectivity index (χ4n) is 3.98. The van der Waals surface area contributed by atoms with Gasteiger partial charge in [0.05, 0.1) is 23.7 Å². The van der Waals surface area contributed by atoms with E-state index in [1.54, 1.807) is 11.3 Å². The number of benzene rings is 2. The van der Waals surface area contributed by atoms with Gasteiger partial charge >= 0.3 is 0 Å². The summed E-state index contributed by atoms with van der Waals surface area (Å²) in [5.74, 6) is 0.482. The standard InChI is InChI=1S/C26H24N4O2/c1-18(2)26(31)30-23(16-22(27-30)24-14-9-15-32-24)21-17-29(20-12-7-4-8-13-20)28-25(21)19-10-5-3-6-11-19/h3-15,17-18,23H,16H2,1-2H3/t23-/m1/s1. The molecule has 0 aliphatic carbocycles. The Hall–Kier alpha value is -3.93. The fourth-order valence-corrected chi connectivity index (χ4v) is 3.98. The van der Waals surface area contributed by atoms with Crippen molar-refractivity contribution in [3.8, 4) is 16.9 Å². The molecule has 0 N–H and O–H groups in total. The molecule has 0 spiro atoms. The van der Waals surface area contributed by atoms with Crippen LogP contribution in [0.15, 0.2) is 94.8 Å². The zero-order valence-corrected chi connectivity index (χ0v) is 18.1. The summed E-state index contributed by atoms with van der Waals surface area (Å²) in [5, 5.41) is 11.2. The van der Waals surface area contributed by atoms with Crippen molar-refractivity contribution in [3.63, 3.8) is 0 Å². The van der Waals surface area contributed by atoms with E-state index in [2.05, 4.69) is 0 Å². The van der Waals surface area contributed by atoms with Crippen LogP contribution in [0.4, 0.5) is 0 Å². The Morgan fingerprint density at radius 3 is 2.38 bits per heavy atom. The summed E-state index contributed by atoms with van der Waals surface area (Å²) in [4.78, 5) is 13.1. The van der Waals surface area contributed by atoms with E-state index >= 15 is 0 Å². The lowest BCUT2D eigenvalue weighted by molar-refractivity contribution is -0.136. The van der Waals surface area contributed by atoms with Gasteiger partial charge in [-0.2, -0.15) is 10.2 Å². The van der Waals surface area contributed by atoms with Crippen LogP contribution in [0.5, 0.6) is 0 Å². The van der Waals surface area contributed by atoms with Gasteiger partial charge in [0.1, 0.15) is 11.5 Å². The van der Waals surface area contributed by atoms with E-state index < -0.39 is 0 Å². The highest BCUT2D eigenvalue weighted by Gasteiger charge is 2.37. The first-order chi connectivity index (χ1) is 15.6. The van der Waals surface area contributed by atoms with Gasteiger partial charge in [-0.3, -0.25) is 4.79 Å². The Labute approximate surface area is 186 Å². The molecule has 1 atom stereocenters. The minimum Gasteiger partial charge on any atom is -0.463 e. The van der Waals surface area contributed by atoms with Crippen molar-refractivity contribution in [1.82, 2.24) is 14.8 Å². The molecule has 4 aromatic rings. The zero-order chi connectivity index (χ0) is 22.1. The third-order valence-corrected chi connectivity index (χ3v) is 5.61. The van der Waals surface area contributed by atoms with E-state index in [-0.39, 0.29) is 17.9 Å². The third-order valence-electron chi connectivity index (χ3n) is 5.61. The predicted octanol–water partition coefficient (Wildman–Crippen LogP) is 5.47. The van der Waals surface area contributed by atoms with Crippen LogP contribution in [-0.4, -0.2) is 26.4 Å². The molecule has 160 valence electrons. The molecule has 32 heavy (non-hydrogen) atoms. The number of hydrazone groups is 1. The highest BCUT2D eigenvalue weighted by atomic mass is 16.3. The van der Waals surface area contributed by atoms with E-state index in [1.165, 1.54) is 0 Å². The molecule has 0 unspecified atom stereocenters. The Morgan fingerprint density at radius 2 is 1.72 bits per heavy atom. The van der Waals surface area contributed by atoms with Crippen LogP contribution < -0.4 is 0 Å².